The van der Waals surface area contributed by atoms with Crippen LogP contribution in [0.25, 0.3) is 10.6 Å². The van der Waals surface area contributed by atoms with Crippen LogP contribution in [0.1, 0.15) is 35.5 Å². The van der Waals surface area contributed by atoms with Crippen molar-refractivity contribution in [3.05, 3.63) is 94.2 Å². The molecule has 262 valence electrons. The average Bonchev–Trinajstić information content (AvgIpc) is 3.47. The van der Waals surface area contributed by atoms with Crippen molar-refractivity contribution in [2.75, 3.05) is 32.8 Å². The lowest BCUT2D eigenvalue weighted by molar-refractivity contribution is -0.150. The lowest BCUT2D eigenvalue weighted by Crippen LogP contribution is -2.48. The number of aryl methyl sites for hydroxylation is 1. The molecule has 1 aromatic heterocycles. The molecule has 0 saturated carbocycles. The molecule has 2 heterocycles. The van der Waals surface area contributed by atoms with Crippen LogP contribution < -0.4 is 4.74 Å². The number of aromatic nitrogens is 1. The minimum atomic E-state index is -4.45. The molecular formula is C34H35F4N3O5S3. The molecule has 1 atom stereocenters. The summed E-state index contributed by atoms with van der Waals surface area (Å²) < 4.78 is 91.4. The van der Waals surface area contributed by atoms with E-state index in [1.165, 1.54) is 39.9 Å². The number of alkyl halides is 3. The molecule has 1 aliphatic rings. The fraction of sp³-hybridized carbons (Fsp3) is 0.353. The number of esters is 1. The van der Waals surface area contributed by atoms with E-state index in [0.717, 1.165) is 45.3 Å². The van der Waals surface area contributed by atoms with Gasteiger partial charge in [0.25, 0.3) is 0 Å². The number of rotatable bonds is 12. The van der Waals surface area contributed by atoms with E-state index in [0.29, 0.717) is 41.7 Å². The average molecular weight is 738 g/mol. The van der Waals surface area contributed by atoms with Gasteiger partial charge in [0.15, 0.2) is 6.10 Å². The Hall–Kier alpha value is -3.50. The van der Waals surface area contributed by atoms with Crippen LogP contribution in [0.15, 0.2) is 76.5 Å². The number of sulfonamides is 1. The van der Waals surface area contributed by atoms with Gasteiger partial charge in [0.2, 0.25) is 10.0 Å². The Morgan fingerprint density at radius 1 is 1.02 bits per heavy atom. The molecule has 1 unspecified atom stereocenters. The molecular weight excluding hydrogens is 703 g/mol. The lowest BCUT2D eigenvalue weighted by Gasteiger charge is -2.33. The minimum Gasteiger partial charge on any atom is -0.479 e. The first-order valence-corrected chi connectivity index (χ1v) is 18.7. The van der Waals surface area contributed by atoms with Crippen LogP contribution in [0.4, 0.5) is 17.6 Å². The van der Waals surface area contributed by atoms with Gasteiger partial charge >= 0.3 is 12.1 Å². The van der Waals surface area contributed by atoms with Crippen molar-refractivity contribution < 1.29 is 40.2 Å². The van der Waals surface area contributed by atoms with E-state index in [1.807, 2.05) is 19.1 Å². The number of hydrogen-bond acceptors (Lipinski definition) is 9. The number of halogens is 4. The van der Waals surface area contributed by atoms with E-state index >= 15 is 0 Å². The summed E-state index contributed by atoms with van der Waals surface area (Å²) in [5, 5.41) is 0.588. The molecule has 49 heavy (non-hydrogen) atoms. The molecule has 3 aromatic carbocycles. The number of piperazine rings is 1. The molecule has 5 rings (SSSR count). The number of thioether (sulfide) groups is 1. The molecule has 15 heteroatoms. The quantitative estimate of drug-likeness (QED) is 0.0845. The molecule has 0 bridgehead atoms. The summed E-state index contributed by atoms with van der Waals surface area (Å²) in [6, 6.07) is 15.3. The van der Waals surface area contributed by atoms with Crippen LogP contribution in [-0.4, -0.2) is 67.5 Å². The summed E-state index contributed by atoms with van der Waals surface area (Å²) in [6.45, 7) is 7.28. The van der Waals surface area contributed by atoms with Crippen molar-refractivity contribution in [2.45, 2.75) is 55.1 Å². The van der Waals surface area contributed by atoms with Gasteiger partial charge in [-0.2, -0.15) is 17.5 Å². The topological polar surface area (TPSA) is 89.0 Å². The highest BCUT2D eigenvalue weighted by Gasteiger charge is 2.31. The Kier molecular flexibility index (Phi) is 11.7. The number of carbonyl (C=O) groups excluding carboxylic acids is 1. The Bertz CT molecular complexity index is 1860. The zero-order chi connectivity index (χ0) is 35.3. The minimum absolute atomic E-state index is 0.0330. The second-order valence-corrected chi connectivity index (χ2v) is 15.4. The van der Waals surface area contributed by atoms with Gasteiger partial charge < -0.3 is 9.47 Å². The summed E-state index contributed by atoms with van der Waals surface area (Å²) in [5.74, 6) is 0.135. The standard InChI is InChI=1S/C34H35F4N3O5S3/c1-4-45-33(42)23(3)46-30-14-11-27(19-22(30)2)47-21-31-29(39-32(48-31)24-5-7-25(8-6-24)34(36,37)38)20-40-15-17-41(18-16-40)49(43,44)28-12-9-26(35)10-13-28/h5-14,19,23H,4,15-18,20-21H2,1-3H3. The molecule has 1 saturated heterocycles. The fourth-order valence-electron chi connectivity index (χ4n) is 5.13. The van der Waals surface area contributed by atoms with Crippen molar-refractivity contribution in [2.24, 2.45) is 0 Å². The Labute approximate surface area is 291 Å². The second kappa shape index (κ2) is 15.6. The van der Waals surface area contributed by atoms with Crippen LogP contribution in [0, 0.1) is 12.7 Å². The molecule has 4 aromatic rings. The van der Waals surface area contributed by atoms with Crippen LogP contribution in [0.5, 0.6) is 5.75 Å². The molecule has 0 N–H and O–H groups in total. The lowest BCUT2D eigenvalue weighted by atomic mass is 10.1. The summed E-state index contributed by atoms with van der Waals surface area (Å²) in [5.41, 5.74) is 1.43. The predicted octanol–water partition coefficient (Wildman–Crippen LogP) is 7.41. The van der Waals surface area contributed by atoms with Gasteiger partial charge in [-0.1, -0.05) is 12.1 Å². The summed E-state index contributed by atoms with van der Waals surface area (Å²) in [4.78, 5) is 20.9. The zero-order valence-electron chi connectivity index (χ0n) is 27.0. The number of thiazole rings is 1. The van der Waals surface area contributed by atoms with Crippen LogP contribution in [0.3, 0.4) is 0 Å². The molecule has 0 amide bonds. The van der Waals surface area contributed by atoms with Crippen molar-refractivity contribution in [1.29, 1.82) is 0 Å². The van der Waals surface area contributed by atoms with Gasteiger partial charge in [-0.15, -0.1) is 23.1 Å². The molecule has 0 spiro atoms. The molecule has 0 aliphatic carbocycles. The van der Waals surface area contributed by atoms with Crippen LogP contribution in [0.2, 0.25) is 0 Å². The Morgan fingerprint density at radius 2 is 1.69 bits per heavy atom. The summed E-state index contributed by atoms with van der Waals surface area (Å²) in [6.07, 6.45) is -5.21. The van der Waals surface area contributed by atoms with E-state index in [1.54, 1.807) is 31.7 Å². The number of benzene rings is 3. The molecule has 1 fully saturated rings. The van der Waals surface area contributed by atoms with Crippen molar-refractivity contribution >= 4 is 39.1 Å². The van der Waals surface area contributed by atoms with Crippen LogP contribution in [-0.2, 0) is 38.0 Å². The third kappa shape index (κ3) is 9.19. The maximum absolute atomic E-state index is 13.4. The molecule has 1 aliphatic heterocycles. The number of hydrogen-bond donors (Lipinski definition) is 0. The SMILES string of the molecule is CCOC(=O)C(C)Oc1ccc(SCc2sc(-c3ccc(C(F)(F)F)cc3)nc2CN2CCN(S(=O)(=O)c3ccc(F)cc3)CC2)cc1C. The van der Waals surface area contributed by atoms with Gasteiger partial charge in [0.1, 0.15) is 16.6 Å². The van der Waals surface area contributed by atoms with Crippen molar-refractivity contribution in [3.8, 4) is 16.3 Å². The van der Waals surface area contributed by atoms with Crippen molar-refractivity contribution in [3.63, 3.8) is 0 Å². The molecule has 8 nitrogen and oxygen atoms in total. The predicted molar refractivity (Wildman–Crippen MR) is 180 cm³/mol. The summed E-state index contributed by atoms with van der Waals surface area (Å²) >= 11 is 2.97. The van der Waals surface area contributed by atoms with E-state index in [9.17, 15) is 30.8 Å². The zero-order valence-corrected chi connectivity index (χ0v) is 29.4. The maximum atomic E-state index is 13.4. The Balaban J connectivity index is 1.31. The monoisotopic (exact) mass is 737 g/mol. The first-order valence-electron chi connectivity index (χ1n) is 15.5. The third-order valence-corrected chi connectivity index (χ3v) is 12.1. The van der Waals surface area contributed by atoms with Gasteiger partial charge in [-0.3, -0.25) is 4.90 Å². The van der Waals surface area contributed by atoms with Gasteiger partial charge in [-0.25, -0.2) is 22.6 Å². The van der Waals surface area contributed by atoms with Gasteiger partial charge in [0, 0.05) is 53.8 Å². The third-order valence-electron chi connectivity index (χ3n) is 7.83. The summed E-state index contributed by atoms with van der Waals surface area (Å²) in [7, 11) is -3.78. The van der Waals surface area contributed by atoms with E-state index < -0.39 is 39.7 Å². The van der Waals surface area contributed by atoms with Crippen LogP contribution >= 0.6 is 23.1 Å². The number of ether oxygens (including phenoxy) is 2. The smallest absolute Gasteiger partial charge is 0.416 e. The van der Waals surface area contributed by atoms with Gasteiger partial charge in [-0.05, 0) is 80.9 Å². The molecule has 0 radical (unpaired) electrons. The van der Waals surface area contributed by atoms with E-state index in [2.05, 4.69) is 4.90 Å². The highest BCUT2D eigenvalue weighted by atomic mass is 32.2. The second-order valence-electron chi connectivity index (χ2n) is 11.3. The number of carbonyl (C=O) groups is 1. The first-order chi connectivity index (χ1) is 23.2. The number of nitrogens with zero attached hydrogens (tertiary/aromatic N) is 3. The van der Waals surface area contributed by atoms with Gasteiger partial charge in [0.05, 0.1) is 22.8 Å². The highest BCUT2D eigenvalue weighted by molar-refractivity contribution is 7.98. The first kappa shape index (κ1) is 36.8. The van der Waals surface area contributed by atoms with Crippen molar-refractivity contribution in [1.82, 2.24) is 14.2 Å². The fourth-order valence-corrected chi connectivity index (χ4v) is 8.73. The Morgan fingerprint density at radius 3 is 2.31 bits per heavy atom. The largest absolute Gasteiger partial charge is 0.479 e. The van der Waals surface area contributed by atoms with E-state index in [-0.39, 0.29) is 24.6 Å². The highest BCUT2D eigenvalue weighted by Crippen LogP contribution is 2.37. The maximum Gasteiger partial charge on any atom is 0.416 e. The van der Waals surface area contributed by atoms with E-state index in [4.69, 9.17) is 14.5 Å². The normalized spacial score (nSPS) is 15.2.